The third-order valence-electron chi connectivity index (χ3n) is 5.65. The fourth-order valence-corrected chi connectivity index (χ4v) is 3.82. The first-order valence-corrected chi connectivity index (χ1v) is 12.2. The summed E-state index contributed by atoms with van der Waals surface area (Å²) in [5.74, 6) is 1.34. The highest BCUT2D eigenvalue weighted by molar-refractivity contribution is 6.28. The van der Waals surface area contributed by atoms with Crippen molar-refractivity contribution in [2.75, 3.05) is 18.1 Å². The van der Waals surface area contributed by atoms with Crippen LogP contribution in [0.2, 0.25) is 0 Å². The number of amides is 1. The summed E-state index contributed by atoms with van der Waals surface area (Å²) in [7, 11) is 0. The van der Waals surface area contributed by atoms with Crippen LogP contribution >= 0.6 is 0 Å². The van der Waals surface area contributed by atoms with E-state index < -0.39 is 5.91 Å². The maximum atomic E-state index is 14.0. The number of phenols is 1. The van der Waals surface area contributed by atoms with Crippen molar-refractivity contribution in [1.29, 1.82) is 0 Å². The Labute approximate surface area is 217 Å². The van der Waals surface area contributed by atoms with Gasteiger partial charge in [-0.3, -0.25) is 9.69 Å². The standard InChI is InChI=1S/C31H30N2O4/c1-4-36-26-18-14-24(15-19-26)32-30(23-12-10-22(3)11-13-23)33(25-16-20-27(21-17-25)37-5-2)31(35)28-8-6-7-9-29(28)34/h6-21,34H,4-5H2,1-3H3. The molecule has 0 unspecified atom stereocenters. The van der Waals surface area contributed by atoms with Crippen molar-refractivity contribution >= 4 is 23.1 Å². The highest BCUT2D eigenvalue weighted by Gasteiger charge is 2.26. The summed E-state index contributed by atoms with van der Waals surface area (Å²) in [6.07, 6.45) is 0. The van der Waals surface area contributed by atoms with Crippen molar-refractivity contribution in [3.8, 4) is 17.2 Å². The van der Waals surface area contributed by atoms with Gasteiger partial charge in [-0.2, -0.15) is 0 Å². The molecular weight excluding hydrogens is 464 g/mol. The van der Waals surface area contributed by atoms with Crippen LogP contribution in [-0.2, 0) is 0 Å². The zero-order valence-electron chi connectivity index (χ0n) is 21.2. The molecule has 0 aliphatic carbocycles. The molecule has 0 aromatic heterocycles. The molecule has 1 amide bonds. The minimum atomic E-state index is -0.410. The number of anilines is 1. The zero-order chi connectivity index (χ0) is 26.2. The average molecular weight is 495 g/mol. The number of rotatable bonds is 8. The van der Waals surface area contributed by atoms with E-state index in [0.717, 1.165) is 16.9 Å². The Morgan fingerprint density at radius 2 is 1.35 bits per heavy atom. The summed E-state index contributed by atoms with van der Waals surface area (Å²) in [5, 5.41) is 10.5. The Bertz CT molecular complexity index is 1360. The van der Waals surface area contributed by atoms with Crippen LogP contribution in [0.15, 0.2) is 102 Å². The first-order chi connectivity index (χ1) is 18.0. The molecule has 188 valence electrons. The molecule has 4 aromatic carbocycles. The predicted octanol–water partition coefficient (Wildman–Crippen LogP) is 6.92. The van der Waals surface area contributed by atoms with E-state index in [9.17, 15) is 9.90 Å². The minimum absolute atomic E-state index is 0.104. The molecule has 0 radical (unpaired) electrons. The maximum absolute atomic E-state index is 14.0. The van der Waals surface area contributed by atoms with Gasteiger partial charge in [-0.1, -0.05) is 42.0 Å². The molecule has 0 bridgehead atoms. The average Bonchev–Trinajstić information content (AvgIpc) is 2.91. The molecule has 0 fully saturated rings. The predicted molar refractivity (Wildman–Crippen MR) is 148 cm³/mol. The van der Waals surface area contributed by atoms with E-state index in [1.54, 1.807) is 18.2 Å². The number of amidine groups is 1. The van der Waals surface area contributed by atoms with E-state index in [0.29, 0.717) is 36.2 Å². The molecule has 0 aliphatic rings. The topological polar surface area (TPSA) is 71.4 Å². The molecule has 0 aliphatic heterocycles. The molecule has 4 rings (SSSR count). The van der Waals surface area contributed by atoms with Gasteiger partial charge in [0.25, 0.3) is 5.91 Å². The van der Waals surface area contributed by atoms with Crippen LogP contribution < -0.4 is 14.4 Å². The maximum Gasteiger partial charge on any atom is 0.267 e. The summed E-state index contributed by atoms with van der Waals surface area (Å²) in [5.41, 5.74) is 3.24. The van der Waals surface area contributed by atoms with Crippen LogP contribution in [0.3, 0.4) is 0 Å². The number of benzene rings is 4. The fraction of sp³-hybridized carbons (Fsp3) is 0.161. The van der Waals surface area contributed by atoms with Crippen LogP contribution in [-0.4, -0.2) is 30.1 Å². The molecule has 6 nitrogen and oxygen atoms in total. The lowest BCUT2D eigenvalue weighted by atomic mass is 10.1. The molecular formula is C31H30N2O4. The summed E-state index contributed by atoms with van der Waals surface area (Å²) < 4.78 is 11.2. The van der Waals surface area contributed by atoms with Gasteiger partial charge in [0.15, 0.2) is 0 Å². The number of para-hydroxylation sites is 1. The number of carbonyl (C=O) groups is 1. The Morgan fingerprint density at radius 1 is 0.784 bits per heavy atom. The van der Waals surface area contributed by atoms with Gasteiger partial charge >= 0.3 is 0 Å². The second-order valence-corrected chi connectivity index (χ2v) is 8.31. The third-order valence-corrected chi connectivity index (χ3v) is 5.65. The minimum Gasteiger partial charge on any atom is -0.507 e. The molecule has 6 heteroatoms. The number of hydrogen-bond acceptors (Lipinski definition) is 5. The number of phenolic OH excluding ortho intramolecular Hbond substituents is 1. The first-order valence-electron chi connectivity index (χ1n) is 12.2. The number of hydrogen-bond donors (Lipinski definition) is 1. The van der Waals surface area contributed by atoms with Gasteiger partial charge in [0, 0.05) is 5.56 Å². The molecule has 0 saturated carbocycles. The Hall–Kier alpha value is -4.58. The lowest BCUT2D eigenvalue weighted by molar-refractivity contribution is 0.1000. The van der Waals surface area contributed by atoms with Gasteiger partial charge in [-0.15, -0.1) is 0 Å². The van der Waals surface area contributed by atoms with Crippen LogP contribution in [0.25, 0.3) is 0 Å². The molecule has 0 saturated heterocycles. The number of ether oxygens (including phenoxy) is 2. The molecule has 0 spiro atoms. The Kier molecular flexibility index (Phi) is 8.21. The van der Waals surface area contributed by atoms with Crippen LogP contribution in [0.4, 0.5) is 11.4 Å². The first kappa shape index (κ1) is 25.5. The van der Waals surface area contributed by atoms with E-state index in [1.165, 1.54) is 11.0 Å². The largest absolute Gasteiger partial charge is 0.507 e. The normalized spacial score (nSPS) is 11.2. The van der Waals surface area contributed by atoms with E-state index in [1.807, 2.05) is 93.6 Å². The lowest BCUT2D eigenvalue weighted by Gasteiger charge is -2.26. The Balaban J connectivity index is 1.90. The Morgan fingerprint density at radius 3 is 1.92 bits per heavy atom. The summed E-state index contributed by atoms with van der Waals surface area (Å²) >= 11 is 0. The summed E-state index contributed by atoms with van der Waals surface area (Å²) in [6, 6.07) is 29.0. The van der Waals surface area contributed by atoms with Gasteiger partial charge in [0.2, 0.25) is 0 Å². The molecule has 0 atom stereocenters. The number of nitrogens with zero attached hydrogens (tertiary/aromatic N) is 2. The highest BCUT2D eigenvalue weighted by Crippen LogP contribution is 2.29. The zero-order valence-corrected chi connectivity index (χ0v) is 21.2. The number of carbonyl (C=O) groups excluding carboxylic acids is 1. The van der Waals surface area contributed by atoms with Gasteiger partial charge < -0.3 is 14.6 Å². The monoisotopic (exact) mass is 494 g/mol. The fourth-order valence-electron chi connectivity index (χ4n) is 3.82. The summed E-state index contributed by atoms with van der Waals surface area (Å²) in [6.45, 7) is 6.96. The number of aromatic hydroxyl groups is 1. The van der Waals surface area contributed by atoms with Crippen molar-refractivity contribution < 1.29 is 19.4 Å². The number of aryl methyl sites for hydroxylation is 1. The van der Waals surface area contributed by atoms with Crippen molar-refractivity contribution in [1.82, 2.24) is 0 Å². The molecule has 37 heavy (non-hydrogen) atoms. The van der Waals surface area contributed by atoms with Crippen molar-refractivity contribution in [3.63, 3.8) is 0 Å². The van der Waals surface area contributed by atoms with Crippen LogP contribution in [0, 0.1) is 6.92 Å². The van der Waals surface area contributed by atoms with Gasteiger partial charge in [0.1, 0.15) is 23.1 Å². The molecule has 1 N–H and O–H groups in total. The van der Waals surface area contributed by atoms with E-state index in [4.69, 9.17) is 14.5 Å². The van der Waals surface area contributed by atoms with Crippen molar-refractivity contribution in [3.05, 3.63) is 114 Å². The van der Waals surface area contributed by atoms with Crippen molar-refractivity contribution in [2.45, 2.75) is 20.8 Å². The van der Waals surface area contributed by atoms with Crippen molar-refractivity contribution in [2.24, 2.45) is 4.99 Å². The van der Waals surface area contributed by atoms with E-state index in [-0.39, 0.29) is 11.3 Å². The summed E-state index contributed by atoms with van der Waals surface area (Å²) in [4.78, 5) is 20.5. The second-order valence-electron chi connectivity index (χ2n) is 8.31. The quantitative estimate of drug-likeness (QED) is 0.213. The highest BCUT2D eigenvalue weighted by atomic mass is 16.5. The van der Waals surface area contributed by atoms with Crippen LogP contribution in [0.5, 0.6) is 17.2 Å². The lowest BCUT2D eigenvalue weighted by Crippen LogP contribution is -2.37. The van der Waals surface area contributed by atoms with Gasteiger partial charge in [-0.05, 0) is 81.4 Å². The number of aliphatic imine (C=N–C) groups is 1. The van der Waals surface area contributed by atoms with Gasteiger partial charge in [0.05, 0.1) is 30.2 Å². The van der Waals surface area contributed by atoms with E-state index in [2.05, 4.69) is 0 Å². The third kappa shape index (κ3) is 6.16. The van der Waals surface area contributed by atoms with Crippen LogP contribution in [0.1, 0.15) is 35.3 Å². The van der Waals surface area contributed by atoms with E-state index >= 15 is 0 Å². The molecule has 0 heterocycles. The SMILES string of the molecule is CCOc1ccc(N=C(c2ccc(C)cc2)N(C(=O)c2ccccc2O)c2ccc(OCC)cc2)cc1. The smallest absolute Gasteiger partial charge is 0.267 e. The molecule has 4 aromatic rings. The second kappa shape index (κ2) is 11.9. The van der Waals surface area contributed by atoms with Gasteiger partial charge in [-0.25, -0.2) is 4.99 Å².